The number of rotatable bonds is 2. The molecule has 0 bridgehead atoms. The predicted molar refractivity (Wildman–Crippen MR) is 55.1 cm³/mol. The number of ether oxygens (including phenoxy) is 2. The van der Waals surface area contributed by atoms with Crippen LogP contribution in [0.15, 0.2) is 18.2 Å². The molecule has 0 aliphatic carbocycles. The lowest BCUT2D eigenvalue weighted by molar-refractivity contribution is -0.104. The van der Waals surface area contributed by atoms with Gasteiger partial charge in [-0.2, -0.15) is 0 Å². The Morgan fingerprint density at radius 2 is 2.22 bits per heavy atom. The third-order valence-corrected chi connectivity index (χ3v) is 2.59. The van der Waals surface area contributed by atoms with Crippen molar-refractivity contribution in [1.82, 2.24) is 5.32 Å². The molecular weight excluding hydrogens is 251 g/mol. The van der Waals surface area contributed by atoms with E-state index in [1.54, 1.807) is 0 Å². The minimum absolute atomic E-state index is 0.0463. The summed E-state index contributed by atoms with van der Waals surface area (Å²) in [5, 5.41) is 1.97. The molecule has 1 aromatic carbocycles. The fourth-order valence-electron chi connectivity index (χ4n) is 1.70. The Labute approximate surface area is 101 Å². The van der Waals surface area contributed by atoms with Gasteiger partial charge < -0.3 is 14.8 Å². The van der Waals surface area contributed by atoms with Crippen LogP contribution in [0.1, 0.15) is 11.6 Å². The maximum Gasteiger partial charge on any atom is 0.408 e. The zero-order chi connectivity index (χ0) is 13.3. The normalized spacial score (nSPS) is 22.0. The summed E-state index contributed by atoms with van der Waals surface area (Å²) in [6, 6.07) is 1.79. The van der Waals surface area contributed by atoms with Gasteiger partial charge in [-0.05, 0) is 17.7 Å². The smallest absolute Gasteiger partial charge is 0.408 e. The van der Waals surface area contributed by atoms with Crippen molar-refractivity contribution in [1.29, 1.82) is 0 Å². The average molecular weight is 261 g/mol. The van der Waals surface area contributed by atoms with E-state index < -0.39 is 30.5 Å². The van der Waals surface area contributed by atoms with Gasteiger partial charge in [0.2, 0.25) is 0 Å². The van der Waals surface area contributed by atoms with Gasteiger partial charge in [-0.25, -0.2) is 18.0 Å². The second-order valence-corrected chi connectivity index (χ2v) is 3.81. The molecule has 1 saturated heterocycles. The number of benzene rings is 1. The van der Waals surface area contributed by atoms with Crippen molar-refractivity contribution in [2.45, 2.75) is 12.0 Å². The van der Waals surface area contributed by atoms with Crippen molar-refractivity contribution in [3.8, 4) is 5.75 Å². The summed E-state index contributed by atoms with van der Waals surface area (Å²) in [5.74, 6) is -4.12. The molecule has 2 rings (SSSR count). The lowest BCUT2D eigenvalue weighted by atomic mass is 10.00. The van der Waals surface area contributed by atoms with Crippen molar-refractivity contribution in [3.05, 3.63) is 29.6 Å². The van der Waals surface area contributed by atoms with Crippen LogP contribution in [-0.4, -0.2) is 25.7 Å². The second kappa shape index (κ2) is 4.40. The van der Waals surface area contributed by atoms with Crippen molar-refractivity contribution in [2.75, 3.05) is 13.7 Å². The van der Waals surface area contributed by atoms with Crippen LogP contribution in [0.3, 0.4) is 0 Å². The molecule has 1 fully saturated rings. The SMILES string of the molecule is COc1ccc([C@@H]2NC(=O)OCC2(F)F)cc1F. The van der Waals surface area contributed by atoms with Gasteiger partial charge in [0.1, 0.15) is 6.04 Å². The zero-order valence-electron chi connectivity index (χ0n) is 9.38. The van der Waals surface area contributed by atoms with E-state index in [2.05, 4.69) is 9.47 Å². The monoisotopic (exact) mass is 261 g/mol. The van der Waals surface area contributed by atoms with E-state index in [1.165, 1.54) is 19.2 Å². The van der Waals surface area contributed by atoms with Gasteiger partial charge in [0.15, 0.2) is 18.2 Å². The zero-order valence-corrected chi connectivity index (χ0v) is 9.38. The lowest BCUT2D eigenvalue weighted by Gasteiger charge is -2.31. The lowest BCUT2D eigenvalue weighted by Crippen LogP contribution is -2.49. The van der Waals surface area contributed by atoms with Gasteiger partial charge in [0.25, 0.3) is 0 Å². The largest absolute Gasteiger partial charge is 0.494 e. The standard InChI is InChI=1S/C11H10F3NO3/c1-17-8-3-2-6(4-7(8)12)9-11(13,14)5-18-10(16)15-9/h2-4,9H,5H2,1H3,(H,15,16)/t9-/m0/s1. The molecule has 1 heterocycles. The summed E-state index contributed by atoms with van der Waals surface area (Å²) in [4.78, 5) is 11.0. The topological polar surface area (TPSA) is 47.6 Å². The molecule has 1 atom stereocenters. The van der Waals surface area contributed by atoms with Crippen LogP contribution in [0.2, 0.25) is 0 Å². The van der Waals surface area contributed by atoms with Crippen LogP contribution in [0, 0.1) is 5.82 Å². The summed E-state index contributed by atoms with van der Waals surface area (Å²) >= 11 is 0. The molecule has 0 radical (unpaired) electrons. The van der Waals surface area contributed by atoms with Gasteiger partial charge in [0, 0.05) is 0 Å². The molecule has 0 saturated carbocycles. The van der Waals surface area contributed by atoms with Crippen molar-refractivity contribution >= 4 is 6.09 Å². The number of cyclic esters (lactones) is 1. The molecule has 4 nitrogen and oxygen atoms in total. The summed E-state index contributed by atoms with van der Waals surface area (Å²) in [5.41, 5.74) is -0.0463. The van der Waals surface area contributed by atoms with Crippen LogP contribution in [0.5, 0.6) is 5.75 Å². The highest BCUT2D eigenvalue weighted by Crippen LogP contribution is 2.35. The number of hydrogen-bond acceptors (Lipinski definition) is 3. The maximum atomic E-state index is 13.5. The average Bonchev–Trinajstić information content (AvgIpc) is 2.32. The molecule has 1 amide bonds. The van der Waals surface area contributed by atoms with Crippen molar-refractivity contribution in [2.24, 2.45) is 0 Å². The quantitative estimate of drug-likeness (QED) is 0.888. The van der Waals surface area contributed by atoms with E-state index in [-0.39, 0.29) is 11.3 Å². The molecule has 0 spiro atoms. The first-order valence-corrected chi connectivity index (χ1v) is 5.08. The fraction of sp³-hybridized carbons (Fsp3) is 0.364. The second-order valence-electron chi connectivity index (χ2n) is 3.81. The van der Waals surface area contributed by atoms with Gasteiger partial charge in [-0.1, -0.05) is 6.07 Å². The molecule has 1 aliphatic heterocycles. The minimum Gasteiger partial charge on any atom is -0.494 e. The third-order valence-electron chi connectivity index (χ3n) is 2.59. The Hall–Kier alpha value is -1.92. The van der Waals surface area contributed by atoms with E-state index in [0.29, 0.717) is 0 Å². The summed E-state index contributed by atoms with van der Waals surface area (Å²) < 4.78 is 49.4. The summed E-state index contributed by atoms with van der Waals surface area (Å²) in [7, 11) is 1.27. The first kappa shape index (κ1) is 12.5. The molecule has 1 N–H and O–H groups in total. The number of nitrogens with one attached hydrogen (secondary N) is 1. The van der Waals surface area contributed by atoms with E-state index in [0.717, 1.165) is 6.07 Å². The Balaban J connectivity index is 2.34. The number of methoxy groups -OCH3 is 1. The minimum atomic E-state index is -3.30. The number of carbonyl (C=O) groups excluding carboxylic acids is 1. The molecular formula is C11H10F3NO3. The summed E-state index contributed by atoms with van der Waals surface area (Å²) in [6.45, 7) is -1.03. The van der Waals surface area contributed by atoms with E-state index in [4.69, 9.17) is 0 Å². The fourth-order valence-corrected chi connectivity index (χ4v) is 1.70. The number of alkyl carbamates (subject to hydrolysis) is 1. The molecule has 1 aliphatic rings. The summed E-state index contributed by atoms with van der Waals surface area (Å²) in [6.07, 6.45) is -0.956. The van der Waals surface area contributed by atoms with Gasteiger partial charge in [-0.15, -0.1) is 0 Å². The number of halogens is 3. The first-order chi connectivity index (χ1) is 8.44. The van der Waals surface area contributed by atoms with E-state index in [1.807, 2.05) is 5.32 Å². The number of amides is 1. The van der Waals surface area contributed by atoms with Crippen LogP contribution in [0.4, 0.5) is 18.0 Å². The molecule has 7 heteroatoms. The molecule has 1 aromatic rings. The molecule has 98 valence electrons. The number of carbonyl (C=O) groups is 1. The number of alkyl halides is 2. The van der Waals surface area contributed by atoms with E-state index >= 15 is 0 Å². The Morgan fingerprint density at radius 1 is 1.50 bits per heavy atom. The highest BCUT2D eigenvalue weighted by Gasteiger charge is 2.46. The van der Waals surface area contributed by atoms with Crippen molar-refractivity contribution in [3.63, 3.8) is 0 Å². The Bertz CT molecular complexity index is 479. The van der Waals surface area contributed by atoms with Gasteiger partial charge in [-0.3, -0.25) is 0 Å². The van der Waals surface area contributed by atoms with Crippen LogP contribution in [0.25, 0.3) is 0 Å². The Morgan fingerprint density at radius 3 is 2.83 bits per heavy atom. The van der Waals surface area contributed by atoms with E-state index in [9.17, 15) is 18.0 Å². The van der Waals surface area contributed by atoms with Crippen LogP contribution in [-0.2, 0) is 4.74 Å². The maximum absolute atomic E-state index is 13.5. The molecule has 0 unspecified atom stereocenters. The highest BCUT2D eigenvalue weighted by atomic mass is 19.3. The van der Waals surface area contributed by atoms with Gasteiger partial charge >= 0.3 is 12.0 Å². The predicted octanol–water partition coefficient (Wildman–Crippen LogP) is 2.25. The molecule has 0 aromatic heterocycles. The van der Waals surface area contributed by atoms with Crippen LogP contribution >= 0.6 is 0 Å². The molecule has 18 heavy (non-hydrogen) atoms. The first-order valence-electron chi connectivity index (χ1n) is 5.08. The Kier molecular flexibility index (Phi) is 3.06. The van der Waals surface area contributed by atoms with Gasteiger partial charge in [0.05, 0.1) is 7.11 Å². The highest BCUT2D eigenvalue weighted by molar-refractivity contribution is 5.69. The number of hydrogen-bond donors (Lipinski definition) is 1. The van der Waals surface area contributed by atoms with Crippen LogP contribution < -0.4 is 10.1 Å². The third kappa shape index (κ3) is 2.20. The van der Waals surface area contributed by atoms with Crippen molar-refractivity contribution < 1.29 is 27.4 Å².